The molecule has 0 saturated heterocycles. The first kappa shape index (κ1) is 15.2. The third-order valence-electron chi connectivity index (χ3n) is 3.38. The lowest BCUT2D eigenvalue weighted by Gasteiger charge is -2.17. The predicted octanol–water partition coefficient (Wildman–Crippen LogP) is 2.99. The second-order valence-corrected chi connectivity index (χ2v) is 4.65. The van der Waals surface area contributed by atoms with Crippen molar-refractivity contribution in [2.45, 2.75) is 12.5 Å². The van der Waals surface area contributed by atoms with Crippen molar-refractivity contribution in [3.63, 3.8) is 0 Å². The number of ether oxygens (including phenoxy) is 3. The van der Waals surface area contributed by atoms with Gasteiger partial charge in [0, 0.05) is 12.0 Å². The summed E-state index contributed by atoms with van der Waals surface area (Å²) in [4.78, 5) is 0. The van der Waals surface area contributed by atoms with Gasteiger partial charge in [-0.1, -0.05) is 24.3 Å². The van der Waals surface area contributed by atoms with Crippen LogP contribution in [0.3, 0.4) is 0 Å². The monoisotopic (exact) mass is 288 g/mol. The number of aliphatic hydroxyl groups excluding tert-OH is 1. The van der Waals surface area contributed by atoms with Crippen LogP contribution in [0.2, 0.25) is 0 Å². The van der Waals surface area contributed by atoms with Crippen molar-refractivity contribution >= 4 is 0 Å². The number of benzene rings is 2. The first-order chi connectivity index (χ1) is 10.2. The van der Waals surface area contributed by atoms with Gasteiger partial charge in [-0.3, -0.25) is 0 Å². The molecule has 0 amide bonds. The zero-order chi connectivity index (χ0) is 15.2. The van der Waals surface area contributed by atoms with Crippen LogP contribution in [-0.2, 0) is 6.42 Å². The Balaban J connectivity index is 2.21. The maximum Gasteiger partial charge on any atom is 0.166 e. The van der Waals surface area contributed by atoms with Crippen LogP contribution in [0.15, 0.2) is 42.5 Å². The summed E-state index contributed by atoms with van der Waals surface area (Å²) in [5.41, 5.74) is 1.74. The molecule has 0 heterocycles. The molecule has 0 aliphatic carbocycles. The topological polar surface area (TPSA) is 47.9 Å². The van der Waals surface area contributed by atoms with Gasteiger partial charge >= 0.3 is 0 Å². The SMILES string of the molecule is COc1ccc(CC(O)c2cccc(OC)c2OC)cc1. The highest BCUT2D eigenvalue weighted by molar-refractivity contribution is 5.48. The van der Waals surface area contributed by atoms with Gasteiger partial charge in [-0.05, 0) is 23.8 Å². The Morgan fingerprint density at radius 3 is 2.19 bits per heavy atom. The fraction of sp³-hybridized carbons (Fsp3) is 0.294. The Morgan fingerprint density at radius 1 is 0.905 bits per heavy atom. The Hall–Kier alpha value is -2.20. The molecule has 4 nitrogen and oxygen atoms in total. The number of methoxy groups -OCH3 is 3. The maximum atomic E-state index is 10.5. The normalized spacial score (nSPS) is 11.8. The van der Waals surface area contributed by atoms with Gasteiger partial charge in [-0.25, -0.2) is 0 Å². The second-order valence-electron chi connectivity index (χ2n) is 4.65. The number of rotatable bonds is 6. The van der Waals surface area contributed by atoms with E-state index in [0.717, 1.165) is 11.3 Å². The molecular weight excluding hydrogens is 268 g/mol. The van der Waals surface area contributed by atoms with Crippen LogP contribution >= 0.6 is 0 Å². The average Bonchev–Trinajstić information content (AvgIpc) is 2.54. The van der Waals surface area contributed by atoms with Crippen molar-refractivity contribution in [1.82, 2.24) is 0 Å². The molecule has 21 heavy (non-hydrogen) atoms. The molecule has 2 aromatic rings. The van der Waals surface area contributed by atoms with Gasteiger partial charge in [0.15, 0.2) is 11.5 Å². The molecule has 0 fully saturated rings. The van der Waals surface area contributed by atoms with Gasteiger partial charge in [0.2, 0.25) is 0 Å². The van der Waals surface area contributed by atoms with Crippen molar-refractivity contribution in [2.75, 3.05) is 21.3 Å². The van der Waals surface area contributed by atoms with Crippen LogP contribution < -0.4 is 14.2 Å². The van der Waals surface area contributed by atoms with Gasteiger partial charge < -0.3 is 19.3 Å². The number of aliphatic hydroxyl groups is 1. The van der Waals surface area contributed by atoms with Gasteiger partial charge in [-0.2, -0.15) is 0 Å². The fourth-order valence-corrected chi connectivity index (χ4v) is 2.27. The smallest absolute Gasteiger partial charge is 0.166 e. The minimum atomic E-state index is -0.663. The van der Waals surface area contributed by atoms with Gasteiger partial charge in [0.25, 0.3) is 0 Å². The van der Waals surface area contributed by atoms with Crippen LogP contribution in [0.25, 0.3) is 0 Å². The lowest BCUT2D eigenvalue weighted by atomic mass is 10.00. The molecule has 0 bridgehead atoms. The molecular formula is C17H20O4. The molecule has 0 aliphatic rings. The molecule has 0 radical (unpaired) electrons. The molecule has 2 aromatic carbocycles. The third-order valence-corrected chi connectivity index (χ3v) is 3.38. The minimum Gasteiger partial charge on any atom is -0.497 e. The van der Waals surface area contributed by atoms with E-state index in [-0.39, 0.29) is 0 Å². The van der Waals surface area contributed by atoms with E-state index in [9.17, 15) is 5.11 Å². The summed E-state index contributed by atoms with van der Waals surface area (Å²) in [7, 11) is 4.78. The standard InChI is InChI=1S/C17H20O4/c1-19-13-9-7-12(8-10-13)11-15(18)14-5-4-6-16(20-2)17(14)21-3/h4-10,15,18H,11H2,1-3H3. The van der Waals surface area contributed by atoms with Crippen molar-refractivity contribution < 1.29 is 19.3 Å². The summed E-state index contributed by atoms with van der Waals surface area (Å²) in [6.07, 6.45) is -0.170. The Kier molecular flexibility index (Phi) is 5.06. The van der Waals surface area contributed by atoms with Gasteiger partial charge in [0.05, 0.1) is 27.4 Å². The highest BCUT2D eigenvalue weighted by Crippen LogP contribution is 2.35. The van der Waals surface area contributed by atoms with E-state index in [0.29, 0.717) is 23.5 Å². The molecule has 0 spiro atoms. The highest BCUT2D eigenvalue weighted by atomic mass is 16.5. The molecule has 0 aromatic heterocycles. The molecule has 112 valence electrons. The van der Waals surface area contributed by atoms with E-state index >= 15 is 0 Å². The zero-order valence-corrected chi connectivity index (χ0v) is 12.5. The average molecular weight is 288 g/mol. The molecule has 4 heteroatoms. The van der Waals surface area contributed by atoms with Crippen LogP contribution in [0.4, 0.5) is 0 Å². The second kappa shape index (κ2) is 6.99. The Morgan fingerprint density at radius 2 is 1.62 bits per heavy atom. The molecule has 2 rings (SSSR count). The van der Waals surface area contributed by atoms with Gasteiger partial charge in [0.1, 0.15) is 5.75 Å². The number of hydrogen-bond acceptors (Lipinski definition) is 4. The molecule has 1 atom stereocenters. The summed E-state index contributed by atoms with van der Waals surface area (Å²) >= 11 is 0. The van der Waals surface area contributed by atoms with Crippen molar-refractivity contribution in [3.05, 3.63) is 53.6 Å². The third kappa shape index (κ3) is 3.47. The lowest BCUT2D eigenvalue weighted by Crippen LogP contribution is -2.05. The molecule has 0 aliphatic heterocycles. The number of hydrogen-bond donors (Lipinski definition) is 1. The minimum absolute atomic E-state index is 0.494. The maximum absolute atomic E-state index is 10.5. The van der Waals surface area contributed by atoms with E-state index in [4.69, 9.17) is 14.2 Å². The van der Waals surface area contributed by atoms with Gasteiger partial charge in [-0.15, -0.1) is 0 Å². The van der Waals surface area contributed by atoms with E-state index in [1.807, 2.05) is 42.5 Å². The van der Waals surface area contributed by atoms with E-state index in [1.165, 1.54) is 0 Å². The first-order valence-electron chi connectivity index (χ1n) is 6.71. The van der Waals surface area contributed by atoms with E-state index in [1.54, 1.807) is 21.3 Å². The lowest BCUT2D eigenvalue weighted by molar-refractivity contribution is 0.173. The number of para-hydroxylation sites is 1. The Bertz CT molecular complexity index is 578. The summed E-state index contributed by atoms with van der Waals surface area (Å²) in [5.74, 6) is 1.98. The van der Waals surface area contributed by atoms with Crippen LogP contribution in [0.1, 0.15) is 17.2 Å². The van der Waals surface area contributed by atoms with Crippen LogP contribution in [-0.4, -0.2) is 26.4 Å². The summed E-state index contributed by atoms with van der Waals surface area (Å²) in [6.45, 7) is 0. The van der Waals surface area contributed by atoms with Crippen molar-refractivity contribution in [2.24, 2.45) is 0 Å². The summed E-state index contributed by atoms with van der Waals surface area (Å²) in [6, 6.07) is 13.1. The van der Waals surface area contributed by atoms with Crippen LogP contribution in [0, 0.1) is 0 Å². The summed E-state index contributed by atoms with van der Waals surface area (Å²) in [5, 5.41) is 10.5. The summed E-state index contributed by atoms with van der Waals surface area (Å²) < 4.78 is 15.7. The van der Waals surface area contributed by atoms with Crippen molar-refractivity contribution in [3.8, 4) is 17.2 Å². The fourth-order valence-electron chi connectivity index (χ4n) is 2.27. The Labute approximate surface area is 124 Å². The molecule has 1 N–H and O–H groups in total. The molecule has 0 saturated carbocycles. The van der Waals surface area contributed by atoms with Crippen LogP contribution in [0.5, 0.6) is 17.2 Å². The first-order valence-corrected chi connectivity index (χ1v) is 6.71. The van der Waals surface area contributed by atoms with E-state index < -0.39 is 6.10 Å². The predicted molar refractivity (Wildman–Crippen MR) is 81.2 cm³/mol. The van der Waals surface area contributed by atoms with E-state index in [2.05, 4.69) is 0 Å². The zero-order valence-electron chi connectivity index (χ0n) is 12.5. The largest absolute Gasteiger partial charge is 0.497 e. The van der Waals surface area contributed by atoms with Crippen molar-refractivity contribution in [1.29, 1.82) is 0 Å². The highest BCUT2D eigenvalue weighted by Gasteiger charge is 2.17. The molecule has 1 unspecified atom stereocenters. The quantitative estimate of drug-likeness (QED) is 0.887.